The number of nitrogens with zero attached hydrogens (tertiary/aromatic N) is 1. The summed E-state index contributed by atoms with van der Waals surface area (Å²) >= 11 is 0. The summed E-state index contributed by atoms with van der Waals surface area (Å²) in [7, 11) is 1.64. The van der Waals surface area contributed by atoms with Crippen molar-refractivity contribution in [2.24, 2.45) is 0 Å². The van der Waals surface area contributed by atoms with Gasteiger partial charge >= 0.3 is 0 Å². The van der Waals surface area contributed by atoms with Crippen molar-refractivity contribution in [3.63, 3.8) is 0 Å². The Kier molecular flexibility index (Phi) is 2.14. The van der Waals surface area contributed by atoms with Crippen molar-refractivity contribution in [1.82, 2.24) is 10.2 Å². The number of nitrogens with one attached hydrogen (secondary N) is 2. The van der Waals surface area contributed by atoms with E-state index in [0.717, 1.165) is 16.7 Å². The molecule has 0 unspecified atom stereocenters. The number of rotatable bonds is 3. The number of hydrogen-bond acceptors (Lipinski definition) is 3. The van der Waals surface area contributed by atoms with Crippen molar-refractivity contribution in [3.8, 4) is 0 Å². The average molecular weight is 177 g/mol. The van der Waals surface area contributed by atoms with Gasteiger partial charge in [0.05, 0.1) is 5.52 Å². The molecule has 1 aromatic heterocycles. The Hall–Kier alpha value is -1.55. The lowest BCUT2D eigenvalue weighted by atomic mass is 10.2. The summed E-state index contributed by atoms with van der Waals surface area (Å²) in [6, 6.07) is 7.95. The van der Waals surface area contributed by atoms with Crippen LogP contribution in [0.15, 0.2) is 24.3 Å². The maximum atomic E-state index is 4.90. The molecule has 0 saturated heterocycles. The zero-order chi connectivity index (χ0) is 9.10. The van der Waals surface area contributed by atoms with Crippen LogP contribution in [0.2, 0.25) is 0 Å². The van der Waals surface area contributed by atoms with Gasteiger partial charge in [0, 0.05) is 12.5 Å². The molecule has 0 fully saturated rings. The molecule has 1 heterocycles. The van der Waals surface area contributed by atoms with Gasteiger partial charge in [0.25, 0.3) is 0 Å². The molecule has 68 valence electrons. The quantitative estimate of drug-likeness (QED) is 0.700. The van der Waals surface area contributed by atoms with E-state index in [4.69, 9.17) is 4.74 Å². The molecule has 0 atom stereocenters. The zero-order valence-electron chi connectivity index (χ0n) is 7.37. The second-order valence-corrected chi connectivity index (χ2v) is 2.73. The van der Waals surface area contributed by atoms with E-state index in [-0.39, 0.29) is 0 Å². The number of aromatic nitrogens is 2. The van der Waals surface area contributed by atoms with E-state index in [2.05, 4.69) is 15.5 Å². The van der Waals surface area contributed by atoms with Crippen LogP contribution in [0, 0.1) is 0 Å². The van der Waals surface area contributed by atoms with Crippen LogP contribution in [0.4, 0.5) is 5.82 Å². The molecule has 0 radical (unpaired) electrons. The summed E-state index contributed by atoms with van der Waals surface area (Å²) < 4.78 is 4.90. The largest absolute Gasteiger partial charge is 0.365 e. The van der Waals surface area contributed by atoms with Gasteiger partial charge in [0.15, 0.2) is 5.82 Å². The van der Waals surface area contributed by atoms with Gasteiger partial charge in [0.2, 0.25) is 0 Å². The predicted octanol–water partition coefficient (Wildman–Crippen LogP) is 1.58. The van der Waals surface area contributed by atoms with Gasteiger partial charge in [-0.1, -0.05) is 12.1 Å². The monoisotopic (exact) mass is 177 g/mol. The first-order valence-electron chi connectivity index (χ1n) is 4.08. The van der Waals surface area contributed by atoms with E-state index in [9.17, 15) is 0 Å². The highest BCUT2D eigenvalue weighted by molar-refractivity contribution is 5.89. The molecule has 1 aromatic carbocycles. The molecule has 0 bridgehead atoms. The SMILES string of the molecule is COCNc1n[nH]c2ccccc12. The molecule has 2 aromatic rings. The van der Waals surface area contributed by atoms with Crippen LogP contribution in [0.3, 0.4) is 0 Å². The molecule has 0 spiro atoms. The summed E-state index contributed by atoms with van der Waals surface area (Å²) in [6.07, 6.45) is 0. The van der Waals surface area contributed by atoms with Gasteiger partial charge in [-0.3, -0.25) is 5.10 Å². The highest BCUT2D eigenvalue weighted by Gasteiger charge is 2.01. The van der Waals surface area contributed by atoms with Crippen LogP contribution in [-0.4, -0.2) is 24.0 Å². The average Bonchev–Trinajstić information content (AvgIpc) is 2.58. The fourth-order valence-corrected chi connectivity index (χ4v) is 1.24. The third-order valence-corrected chi connectivity index (χ3v) is 1.85. The fourth-order valence-electron chi connectivity index (χ4n) is 1.24. The minimum Gasteiger partial charge on any atom is -0.365 e. The van der Waals surface area contributed by atoms with E-state index >= 15 is 0 Å². The first kappa shape index (κ1) is 8.07. The Bertz CT molecular complexity index is 396. The molecule has 0 saturated carbocycles. The van der Waals surface area contributed by atoms with E-state index in [1.807, 2.05) is 24.3 Å². The summed E-state index contributed by atoms with van der Waals surface area (Å²) in [5.41, 5.74) is 1.03. The van der Waals surface area contributed by atoms with E-state index in [1.54, 1.807) is 7.11 Å². The summed E-state index contributed by atoms with van der Waals surface area (Å²) in [5, 5.41) is 11.2. The lowest BCUT2D eigenvalue weighted by Crippen LogP contribution is -2.03. The molecule has 13 heavy (non-hydrogen) atoms. The molecule has 0 aliphatic carbocycles. The van der Waals surface area contributed by atoms with E-state index in [1.165, 1.54) is 0 Å². The Balaban J connectivity index is 2.35. The van der Waals surface area contributed by atoms with Gasteiger partial charge in [-0.15, -0.1) is 0 Å². The summed E-state index contributed by atoms with van der Waals surface area (Å²) in [6.45, 7) is 0.467. The van der Waals surface area contributed by atoms with Crippen molar-refractivity contribution in [2.75, 3.05) is 19.2 Å². The van der Waals surface area contributed by atoms with Crippen LogP contribution < -0.4 is 5.32 Å². The molecule has 2 rings (SSSR count). The topological polar surface area (TPSA) is 49.9 Å². The molecule has 0 aliphatic rings. The standard InChI is InChI=1S/C9H11N3O/c1-13-6-10-9-7-4-2-3-5-8(7)11-12-9/h2-5H,6H2,1H3,(H2,10,11,12). The lowest BCUT2D eigenvalue weighted by Gasteiger charge is -1.99. The molecular formula is C9H11N3O. The third kappa shape index (κ3) is 1.48. The van der Waals surface area contributed by atoms with Crippen molar-refractivity contribution in [1.29, 1.82) is 0 Å². The number of para-hydroxylation sites is 1. The van der Waals surface area contributed by atoms with E-state index in [0.29, 0.717) is 6.73 Å². The molecule has 4 heteroatoms. The van der Waals surface area contributed by atoms with Gasteiger partial charge in [-0.25, -0.2) is 0 Å². The Morgan fingerprint density at radius 3 is 3.15 bits per heavy atom. The van der Waals surface area contributed by atoms with Crippen LogP contribution in [0.1, 0.15) is 0 Å². The number of fused-ring (bicyclic) bond motifs is 1. The van der Waals surface area contributed by atoms with Crippen LogP contribution in [0.25, 0.3) is 10.9 Å². The normalized spacial score (nSPS) is 10.5. The number of hydrogen-bond donors (Lipinski definition) is 2. The van der Waals surface area contributed by atoms with E-state index < -0.39 is 0 Å². The fraction of sp³-hybridized carbons (Fsp3) is 0.222. The number of anilines is 1. The Morgan fingerprint density at radius 2 is 2.31 bits per heavy atom. The molecule has 0 amide bonds. The highest BCUT2D eigenvalue weighted by Crippen LogP contribution is 2.18. The number of ether oxygens (including phenoxy) is 1. The van der Waals surface area contributed by atoms with Crippen molar-refractivity contribution >= 4 is 16.7 Å². The third-order valence-electron chi connectivity index (χ3n) is 1.85. The smallest absolute Gasteiger partial charge is 0.157 e. The van der Waals surface area contributed by atoms with Crippen molar-refractivity contribution in [2.45, 2.75) is 0 Å². The van der Waals surface area contributed by atoms with Gasteiger partial charge in [0.1, 0.15) is 6.73 Å². The van der Waals surface area contributed by atoms with Gasteiger partial charge < -0.3 is 10.1 Å². The summed E-state index contributed by atoms with van der Waals surface area (Å²) in [4.78, 5) is 0. The summed E-state index contributed by atoms with van der Waals surface area (Å²) in [5.74, 6) is 0.831. The number of methoxy groups -OCH3 is 1. The minimum absolute atomic E-state index is 0.467. The second kappa shape index (κ2) is 3.45. The number of H-pyrrole nitrogens is 1. The number of benzene rings is 1. The van der Waals surface area contributed by atoms with Crippen LogP contribution >= 0.6 is 0 Å². The Morgan fingerprint density at radius 1 is 1.46 bits per heavy atom. The molecule has 0 aliphatic heterocycles. The molecule has 2 N–H and O–H groups in total. The lowest BCUT2D eigenvalue weighted by molar-refractivity contribution is 0.221. The predicted molar refractivity (Wildman–Crippen MR) is 51.6 cm³/mol. The maximum absolute atomic E-state index is 4.90. The minimum atomic E-state index is 0.467. The zero-order valence-corrected chi connectivity index (χ0v) is 7.37. The van der Waals surface area contributed by atoms with Crippen molar-refractivity contribution < 1.29 is 4.74 Å². The highest BCUT2D eigenvalue weighted by atomic mass is 16.5. The Labute approximate surface area is 75.9 Å². The van der Waals surface area contributed by atoms with Crippen LogP contribution in [0.5, 0.6) is 0 Å². The van der Waals surface area contributed by atoms with Gasteiger partial charge in [-0.2, -0.15) is 5.10 Å². The molecular weight excluding hydrogens is 166 g/mol. The number of aromatic amines is 1. The first-order valence-corrected chi connectivity index (χ1v) is 4.08. The van der Waals surface area contributed by atoms with Crippen molar-refractivity contribution in [3.05, 3.63) is 24.3 Å². The molecule has 4 nitrogen and oxygen atoms in total. The van der Waals surface area contributed by atoms with Crippen LogP contribution in [-0.2, 0) is 4.74 Å². The first-order chi connectivity index (χ1) is 6.42. The maximum Gasteiger partial charge on any atom is 0.157 e. The second-order valence-electron chi connectivity index (χ2n) is 2.73. The van der Waals surface area contributed by atoms with Gasteiger partial charge in [-0.05, 0) is 12.1 Å².